The molecule has 0 unspecified atom stereocenters. The molecule has 5 rings (SSSR count). The number of fused-ring (bicyclic) bond motifs is 2. The monoisotopic (exact) mass is 486 g/mol. The minimum Gasteiger partial charge on any atom is -0.382 e. The van der Waals surface area contributed by atoms with Crippen molar-refractivity contribution in [3.05, 3.63) is 34.1 Å². The van der Waals surface area contributed by atoms with Gasteiger partial charge in [-0.1, -0.05) is 0 Å². The van der Waals surface area contributed by atoms with E-state index in [0.29, 0.717) is 23.1 Å². The van der Waals surface area contributed by atoms with E-state index in [1.165, 1.54) is 24.6 Å². The molecule has 3 aliphatic heterocycles. The van der Waals surface area contributed by atoms with E-state index in [0.717, 1.165) is 64.7 Å². The highest BCUT2D eigenvalue weighted by Crippen LogP contribution is 2.38. The summed E-state index contributed by atoms with van der Waals surface area (Å²) in [6, 6.07) is 3.99. The molecule has 30 heavy (non-hydrogen) atoms. The van der Waals surface area contributed by atoms with Crippen LogP contribution in [0, 0.1) is 5.92 Å². The van der Waals surface area contributed by atoms with Crippen LogP contribution in [0.25, 0.3) is 11.5 Å². The maximum absolute atomic E-state index is 12.0. The Morgan fingerprint density at radius 3 is 2.90 bits per heavy atom. The minimum atomic E-state index is 0.214. The summed E-state index contributed by atoms with van der Waals surface area (Å²) >= 11 is 5.09. The fourth-order valence-corrected chi connectivity index (χ4v) is 5.67. The normalized spacial score (nSPS) is 17.0. The SMILES string of the molecule is Nc1ncn(CCC2CCNCC2)c2nc(Sc3cc4c(cc3Br)C(=O)CC4)nc1-2. The molecular weight excluding hydrogens is 464 g/mol. The number of rotatable bonds is 5. The van der Waals surface area contributed by atoms with Crippen LogP contribution in [-0.2, 0) is 13.0 Å². The van der Waals surface area contributed by atoms with Crippen LogP contribution in [0.1, 0.15) is 41.6 Å². The van der Waals surface area contributed by atoms with Gasteiger partial charge in [0.1, 0.15) is 0 Å². The second-order valence-corrected chi connectivity index (χ2v) is 9.81. The first kappa shape index (κ1) is 20.0. The Kier molecular flexibility index (Phi) is 5.51. The lowest BCUT2D eigenvalue weighted by Crippen LogP contribution is -2.28. The maximum atomic E-state index is 12.0. The molecule has 1 saturated heterocycles. The van der Waals surface area contributed by atoms with E-state index in [4.69, 9.17) is 10.7 Å². The molecule has 0 aromatic heterocycles. The molecule has 0 bridgehead atoms. The lowest BCUT2D eigenvalue weighted by atomic mass is 9.95. The van der Waals surface area contributed by atoms with Gasteiger partial charge in [-0.3, -0.25) is 4.79 Å². The first-order chi connectivity index (χ1) is 14.6. The summed E-state index contributed by atoms with van der Waals surface area (Å²) in [6.07, 6.45) is 6.70. The molecule has 1 aromatic rings. The van der Waals surface area contributed by atoms with Gasteiger partial charge in [0.2, 0.25) is 0 Å². The van der Waals surface area contributed by atoms with E-state index in [-0.39, 0.29) is 5.78 Å². The molecule has 9 heteroatoms. The number of piperidine rings is 1. The number of carbonyl (C=O) groups excluding carboxylic acids is 1. The van der Waals surface area contributed by atoms with E-state index >= 15 is 0 Å². The molecule has 3 N–H and O–H groups in total. The third-order valence-electron chi connectivity index (χ3n) is 5.99. The van der Waals surface area contributed by atoms with E-state index < -0.39 is 0 Å². The van der Waals surface area contributed by atoms with Crippen molar-refractivity contribution in [2.24, 2.45) is 5.92 Å². The molecule has 0 amide bonds. The average molecular weight is 487 g/mol. The number of anilines is 1. The zero-order chi connectivity index (χ0) is 20.7. The van der Waals surface area contributed by atoms with Crippen LogP contribution in [0.15, 0.2) is 33.0 Å². The summed E-state index contributed by atoms with van der Waals surface area (Å²) < 4.78 is 2.96. The largest absolute Gasteiger partial charge is 0.382 e. The van der Waals surface area contributed by atoms with Crippen molar-refractivity contribution in [1.29, 1.82) is 0 Å². The van der Waals surface area contributed by atoms with Crippen LogP contribution in [-0.4, -0.2) is 38.4 Å². The summed E-state index contributed by atoms with van der Waals surface area (Å²) in [7, 11) is 0. The van der Waals surface area contributed by atoms with Crippen molar-refractivity contribution < 1.29 is 4.79 Å². The number of aromatic nitrogens is 4. The number of imidazole rings is 1. The zero-order valence-corrected chi connectivity index (χ0v) is 18.9. The van der Waals surface area contributed by atoms with Gasteiger partial charge in [0.15, 0.2) is 28.3 Å². The van der Waals surface area contributed by atoms with Crippen LogP contribution in [0.3, 0.4) is 0 Å². The van der Waals surface area contributed by atoms with E-state index in [1.807, 2.05) is 6.07 Å². The highest BCUT2D eigenvalue weighted by atomic mass is 79.9. The molecule has 156 valence electrons. The molecule has 0 radical (unpaired) electrons. The topological polar surface area (TPSA) is 98.7 Å². The van der Waals surface area contributed by atoms with E-state index in [9.17, 15) is 4.79 Å². The number of nitrogen functional groups attached to an aromatic ring is 1. The second-order valence-electron chi connectivity index (χ2n) is 7.95. The van der Waals surface area contributed by atoms with Crippen molar-refractivity contribution in [1.82, 2.24) is 24.8 Å². The number of hydrogen-bond acceptors (Lipinski definition) is 7. The Morgan fingerprint density at radius 1 is 1.23 bits per heavy atom. The molecule has 0 spiro atoms. The third-order valence-corrected chi connectivity index (χ3v) is 7.83. The molecule has 0 saturated carbocycles. The Morgan fingerprint density at radius 2 is 2.07 bits per heavy atom. The van der Waals surface area contributed by atoms with Crippen molar-refractivity contribution in [2.45, 2.75) is 48.7 Å². The first-order valence-corrected chi connectivity index (χ1v) is 11.9. The van der Waals surface area contributed by atoms with Crippen LogP contribution in [0.5, 0.6) is 0 Å². The van der Waals surface area contributed by atoms with Gasteiger partial charge >= 0.3 is 0 Å². The van der Waals surface area contributed by atoms with Gasteiger partial charge in [0, 0.05) is 27.9 Å². The van der Waals surface area contributed by atoms with Gasteiger partial charge in [-0.25, -0.2) is 15.0 Å². The summed E-state index contributed by atoms with van der Waals surface area (Å²) in [4.78, 5) is 26.8. The van der Waals surface area contributed by atoms with Gasteiger partial charge in [-0.15, -0.1) is 0 Å². The van der Waals surface area contributed by atoms with Crippen LogP contribution in [0.4, 0.5) is 5.82 Å². The minimum absolute atomic E-state index is 0.214. The maximum Gasteiger partial charge on any atom is 0.195 e. The van der Waals surface area contributed by atoms with Crippen LogP contribution < -0.4 is 11.1 Å². The number of benzene rings is 1. The number of hydrogen-bond donors (Lipinski definition) is 2. The van der Waals surface area contributed by atoms with Crippen molar-refractivity contribution in [3.8, 4) is 11.5 Å². The highest BCUT2D eigenvalue weighted by molar-refractivity contribution is 9.10. The van der Waals surface area contributed by atoms with Crippen LogP contribution in [0.2, 0.25) is 0 Å². The lowest BCUT2D eigenvalue weighted by Gasteiger charge is -2.23. The molecule has 0 atom stereocenters. The fourth-order valence-electron chi connectivity index (χ4n) is 4.26. The first-order valence-electron chi connectivity index (χ1n) is 10.3. The van der Waals surface area contributed by atoms with E-state index in [1.54, 1.807) is 6.33 Å². The summed E-state index contributed by atoms with van der Waals surface area (Å²) in [5.41, 5.74) is 8.67. The number of ketones is 1. The second kappa shape index (κ2) is 8.28. The van der Waals surface area contributed by atoms with E-state index in [2.05, 4.69) is 41.8 Å². The molecule has 1 fully saturated rings. The van der Waals surface area contributed by atoms with Crippen molar-refractivity contribution >= 4 is 39.3 Å². The molecule has 4 aliphatic rings. The van der Waals surface area contributed by atoms with Gasteiger partial charge in [0.05, 0.1) is 6.33 Å². The Bertz CT molecular complexity index is 1080. The molecule has 1 aliphatic carbocycles. The zero-order valence-electron chi connectivity index (χ0n) is 16.5. The number of nitrogens with two attached hydrogens (primary N) is 1. The number of carbonyl (C=O) groups is 1. The predicted molar refractivity (Wildman–Crippen MR) is 120 cm³/mol. The van der Waals surface area contributed by atoms with Crippen molar-refractivity contribution in [3.63, 3.8) is 0 Å². The summed E-state index contributed by atoms with van der Waals surface area (Å²) in [6.45, 7) is 3.06. The third kappa shape index (κ3) is 3.86. The summed E-state index contributed by atoms with van der Waals surface area (Å²) in [5.74, 6) is 2.13. The van der Waals surface area contributed by atoms with Gasteiger partial charge < -0.3 is 15.6 Å². The number of Topliss-reactive ketones (excluding diaryl/α,β-unsaturated/α-hetero) is 1. The Labute approximate surface area is 187 Å². The quantitative estimate of drug-likeness (QED) is 0.565. The molecule has 3 heterocycles. The average Bonchev–Trinajstić information content (AvgIpc) is 3.33. The fraction of sp³-hybridized carbons (Fsp3) is 0.429. The number of halogens is 1. The highest BCUT2D eigenvalue weighted by Gasteiger charge is 2.24. The van der Waals surface area contributed by atoms with Crippen molar-refractivity contribution in [2.75, 3.05) is 18.8 Å². The van der Waals surface area contributed by atoms with Gasteiger partial charge in [0.25, 0.3) is 0 Å². The number of nitrogens with one attached hydrogen (secondary N) is 1. The van der Waals surface area contributed by atoms with Gasteiger partial charge in [-0.2, -0.15) is 0 Å². The Balaban J connectivity index is 1.40. The molecule has 1 aromatic carbocycles. The molecular formula is C21H23BrN6OS. The smallest absolute Gasteiger partial charge is 0.195 e. The Hall–Kier alpha value is -1.97. The number of nitrogens with zero attached hydrogens (tertiary/aromatic N) is 4. The number of aryl methyl sites for hydroxylation is 2. The molecule has 7 nitrogen and oxygen atoms in total. The predicted octanol–water partition coefficient (Wildman–Crippen LogP) is 3.79. The van der Waals surface area contributed by atoms with Gasteiger partial charge in [-0.05, 0) is 90.1 Å². The van der Waals surface area contributed by atoms with Crippen LogP contribution >= 0.6 is 27.7 Å². The summed E-state index contributed by atoms with van der Waals surface area (Å²) in [5, 5.41) is 4.06. The standard InChI is InChI=1S/C21H23BrN6OS/c22-15-10-14-13(1-2-16(14)29)9-17(15)30-21-26-18-19(23)25-11-28(20(18)27-21)8-5-12-3-6-24-7-4-12/h9-12,24H,1-8,23H2. The lowest BCUT2D eigenvalue weighted by molar-refractivity contribution is 0.0994.